The number of rotatable bonds is 11. The molecule has 0 aliphatic heterocycles. The highest BCUT2D eigenvalue weighted by Gasteiger charge is 2.11. The molecule has 1 aromatic carbocycles. The number of amides is 2. The Morgan fingerprint density at radius 1 is 1.27 bits per heavy atom. The molecule has 0 fully saturated rings. The van der Waals surface area contributed by atoms with Crippen molar-refractivity contribution < 1.29 is 23.2 Å². The van der Waals surface area contributed by atoms with Gasteiger partial charge >= 0.3 is 0 Å². The SMILES string of the molecule is C=C(CCNC(=O)COc1ccc(Cl)c(F)c1)C(=O)NCCCc1c(C)noc1C. The molecule has 2 aromatic rings. The molecular formula is C21H25ClFN3O4. The summed E-state index contributed by atoms with van der Waals surface area (Å²) in [7, 11) is 0. The number of carbonyl (C=O) groups excluding carboxylic acids is 2. The zero-order valence-corrected chi connectivity index (χ0v) is 17.8. The van der Waals surface area contributed by atoms with E-state index in [0.29, 0.717) is 18.5 Å². The van der Waals surface area contributed by atoms with Crippen LogP contribution in [0.3, 0.4) is 0 Å². The van der Waals surface area contributed by atoms with Crippen molar-refractivity contribution in [2.24, 2.45) is 0 Å². The van der Waals surface area contributed by atoms with Crippen LogP contribution in [-0.2, 0) is 16.0 Å². The van der Waals surface area contributed by atoms with Crippen molar-refractivity contribution in [3.05, 3.63) is 58.2 Å². The number of hydrogen-bond acceptors (Lipinski definition) is 5. The Morgan fingerprint density at radius 3 is 2.70 bits per heavy atom. The fraction of sp³-hybridized carbons (Fsp3) is 0.381. The van der Waals surface area contributed by atoms with Crippen LogP contribution in [0.4, 0.5) is 4.39 Å². The summed E-state index contributed by atoms with van der Waals surface area (Å²) in [6.07, 6.45) is 1.82. The Balaban J connectivity index is 1.59. The third-order valence-electron chi connectivity index (χ3n) is 4.40. The minimum absolute atomic E-state index is 0.0210. The number of ether oxygens (including phenoxy) is 1. The van der Waals surface area contributed by atoms with Crippen LogP contribution in [0, 0.1) is 19.7 Å². The smallest absolute Gasteiger partial charge is 0.257 e. The predicted octanol–water partition coefficient (Wildman–Crippen LogP) is 3.27. The lowest BCUT2D eigenvalue weighted by Crippen LogP contribution is -2.32. The quantitative estimate of drug-likeness (QED) is 0.415. The second kappa shape index (κ2) is 11.3. The topological polar surface area (TPSA) is 93.5 Å². The second-order valence-corrected chi connectivity index (χ2v) is 7.14. The summed E-state index contributed by atoms with van der Waals surface area (Å²) >= 11 is 5.59. The minimum atomic E-state index is -0.622. The summed E-state index contributed by atoms with van der Waals surface area (Å²) in [5.41, 5.74) is 2.30. The van der Waals surface area contributed by atoms with E-state index in [2.05, 4.69) is 22.4 Å². The summed E-state index contributed by atoms with van der Waals surface area (Å²) in [4.78, 5) is 23.9. The minimum Gasteiger partial charge on any atom is -0.484 e. The third-order valence-corrected chi connectivity index (χ3v) is 4.71. The Kier molecular flexibility index (Phi) is 8.86. The largest absolute Gasteiger partial charge is 0.484 e. The summed E-state index contributed by atoms with van der Waals surface area (Å²) in [6.45, 7) is 7.96. The monoisotopic (exact) mass is 437 g/mol. The van der Waals surface area contributed by atoms with Crippen molar-refractivity contribution in [2.75, 3.05) is 19.7 Å². The van der Waals surface area contributed by atoms with E-state index in [9.17, 15) is 14.0 Å². The molecule has 0 aliphatic carbocycles. The molecule has 2 N–H and O–H groups in total. The standard InChI is InChI=1S/C21H25ClFN3O4/c1-13(21(28)25-9-4-5-17-14(2)26-30-15(17)3)8-10-24-20(27)12-29-16-6-7-18(22)19(23)11-16/h6-7,11H,1,4-5,8-10,12H2,2-3H3,(H,24,27)(H,25,28). The molecule has 9 heteroatoms. The molecule has 162 valence electrons. The molecule has 0 atom stereocenters. The lowest BCUT2D eigenvalue weighted by molar-refractivity contribution is -0.123. The summed E-state index contributed by atoms with van der Waals surface area (Å²) in [5, 5.41) is 9.31. The first-order valence-electron chi connectivity index (χ1n) is 9.50. The van der Waals surface area contributed by atoms with E-state index in [1.54, 1.807) is 0 Å². The molecular weight excluding hydrogens is 413 g/mol. The van der Waals surface area contributed by atoms with E-state index in [4.69, 9.17) is 20.9 Å². The molecule has 30 heavy (non-hydrogen) atoms. The molecule has 0 bridgehead atoms. The zero-order valence-electron chi connectivity index (χ0n) is 17.0. The van der Waals surface area contributed by atoms with Crippen molar-refractivity contribution >= 4 is 23.4 Å². The van der Waals surface area contributed by atoms with E-state index in [0.717, 1.165) is 35.9 Å². The zero-order chi connectivity index (χ0) is 22.1. The average Bonchev–Trinajstić information content (AvgIpc) is 3.03. The van der Waals surface area contributed by atoms with Gasteiger partial charge in [0.15, 0.2) is 6.61 Å². The number of nitrogens with zero attached hydrogens (tertiary/aromatic N) is 1. The lowest BCUT2D eigenvalue weighted by Gasteiger charge is -2.10. The molecule has 0 aliphatic rings. The molecule has 0 saturated heterocycles. The lowest BCUT2D eigenvalue weighted by atomic mass is 10.1. The molecule has 1 aromatic heterocycles. The first-order valence-corrected chi connectivity index (χ1v) is 9.88. The predicted molar refractivity (Wildman–Crippen MR) is 111 cm³/mol. The van der Waals surface area contributed by atoms with Crippen molar-refractivity contribution in [3.8, 4) is 5.75 Å². The van der Waals surface area contributed by atoms with Crippen LogP contribution in [0.5, 0.6) is 5.75 Å². The van der Waals surface area contributed by atoms with Gasteiger partial charge in [0, 0.05) is 30.3 Å². The van der Waals surface area contributed by atoms with Gasteiger partial charge in [0.1, 0.15) is 17.3 Å². The van der Waals surface area contributed by atoms with Crippen molar-refractivity contribution in [3.63, 3.8) is 0 Å². The summed E-state index contributed by atoms with van der Waals surface area (Å²) in [5.74, 6) is -0.269. The van der Waals surface area contributed by atoms with Gasteiger partial charge in [-0.25, -0.2) is 4.39 Å². The van der Waals surface area contributed by atoms with Gasteiger partial charge in [0.05, 0.1) is 10.7 Å². The van der Waals surface area contributed by atoms with Crippen molar-refractivity contribution in [1.29, 1.82) is 0 Å². The molecule has 2 amide bonds. The van der Waals surface area contributed by atoms with Crippen molar-refractivity contribution in [2.45, 2.75) is 33.1 Å². The highest BCUT2D eigenvalue weighted by molar-refractivity contribution is 6.30. The molecule has 1 heterocycles. The van der Waals surface area contributed by atoms with Crippen LogP contribution in [0.2, 0.25) is 5.02 Å². The number of aryl methyl sites for hydroxylation is 2. The molecule has 0 radical (unpaired) electrons. The number of halogens is 2. The maximum atomic E-state index is 13.3. The van der Waals surface area contributed by atoms with Crippen molar-refractivity contribution in [1.82, 2.24) is 15.8 Å². The fourth-order valence-electron chi connectivity index (χ4n) is 2.68. The van der Waals surface area contributed by atoms with Gasteiger partial charge < -0.3 is 19.9 Å². The van der Waals surface area contributed by atoms with E-state index < -0.39 is 11.7 Å². The molecule has 2 rings (SSSR count). The maximum absolute atomic E-state index is 13.3. The second-order valence-electron chi connectivity index (χ2n) is 6.73. The summed E-state index contributed by atoms with van der Waals surface area (Å²) in [6, 6.07) is 3.92. The van der Waals surface area contributed by atoms with Gasteiger partial charge in [-0.05, 0) is 45.2 Å². The van der Waals surface area contributed by atoms with Crippen LogP contribution in [0.25, 0.3) is 0 Å². The highest BCUT2D eigenvalue weighted by Crippen LogP contribution is 2.20. The fourth-order valence-corrected chi connectivity index (χ4v) is 2.80. The van der Waals surface area contributed by atoms with Crippen LogP contribution in [0.15, 0.2) is 34.9 Å². The number of nitrogens with one attached hydrogen (secondary N) is 2. The summed E-state index contributed by atoms with van der Waals surface area (Å²) < 4.78 is 23.6. The van der Waals surface area contributed by atoms with Gasteiger partial charge in [-0.1, -0.05) is 23.3 Å². The Bertz CT molecular complexity index is 894. The Morgan fingerprint density at radius 2 is 2.03 bits per heavy atom. The molecule has 7 nitrogen and oxygen atoms in total. The first kappa shape index (κ1) is 23.4. The molecule has 0 saturated carbocycles. The average molecular weight is 438 g/mol. The maximum Gasteiger partial charge on any atom is 0.257 e. The number of benzene rings is 1. The van der Waals surface area contributed by atoms with Crippen LogP contribution in [0.1, 0.15) is 29.9 Å². The highest BCUT2D eigenvalue weighted by atomic mass is 35.5. The first-order chi connectivity index (χ1) is 14.3. The molecule has 0 spiro atoms. The molecule has 0 unspecified atom stereocenters. The van der Waals surface area contributed by atoms with Gasteiger partial charge in [-0.3, -0.25) is 9.59 Å². The third kappa shape index (κ3) is 7.18. The van der Waals surface area contributed by atoms with Gasteiger partial charge in [-0.15, -0.1) is 0 Å². The Hall–Kier alpha value is -2.87. The van der Waals surface area contributed by atoms with Crippen LogP contribution >= 0.6 is 11.6 Å². The van der Waals surface area contributed by atoms with Crippen LogP contribution in [-0.4, -0.2) is 36.7 Å². The van der Waals surface area contributed by atoms with E-state index >= 15 is 0 Å². The number of carbonyl (C=O) groups is 2. The van der Waals surface area contributed by atoms with Gasteiger partial charge in [0.2, 0.25) is 5.91 Å². The van der Waals surface area contributed by atoms with E-state index in [1.165, 1.54) is 12.1 Å². The number of hydrogen-bond donors (Lipinski definition) is 2. The Labute approximate surface area is 179 Å². The van der Waals surface area contributed by atoms with E-state index in [-0.39, 0.29) is 29.8 Å². The van der Waals surface area contributed by atoms with Gasteiger partial charge in [-0.2, -0.15) is 0 Å². The normalized spacial score (nSPS) is 10.5. The van der Waals surface area contributed by atoms with Gasteiger partial charge in [0.25, 0.3) is 5.91 Å². The van der Waals surface area contributed by atoms with E-state index in [1.807, 2.05) is 13.8 Å². The number of aromatic nitrogens is 1. The van der Waals surface area contributed by atoms with Crippen LogP contribution < -0.4 is 15.4 Å².